The van der Waals surface area contributed by atoms with E-state index in [1.807, 2.05) is 31.2 Å². The van der Waals surface area contributed by atoms with Crippen LogP contribution < -0.4 is 5.32 Å². The van der Waals surface area contributed by atoms with E-state index in [0.717, 1.165) is 22.9 Å². The molecule has 1 aliphatic rings. The third-order valence-corrected chi connectivity index (χ3v) is 4.68. The molecular weight excluding hydrogens is 348 g/mol. The predicted octanol–water partition coefficient (Wildman–Crippen LogP) is 1.79. The number of thiocarbonyl (C=S) groups is 1. The second-order valence-electron chi connectivity index (χ2n) is 5.31. The highest BCUT2D eigenvalue weighted by Crippen LogP contribution is 2.32. The van der Waals surface area contributed by atoms with Crippen molar-refractivity contribution in [3.05, 3.63) is 40.3 Å². The molecular formula is C16H16N2O4S2. The highest BCUT2D eigenvalue weighted by Gasteiger charge is 2.33. The van der Waals surface area contributed by atoms with Crippen LogP contribution in [0.4, 0.5) is 0 Å². The van der Waals surface area contributed by atoms with Crippen LogP contribution in [0, 0.1) is 6.92 Å². The highest BCUT2D eigenvalue weighted by atomic mass is 32.2. The number of aryl methyl sites for hydroxylation is 1. The molecule has 1 aliphatic heterocycles. The van der Waals surface area contributed by atoms with E-state index in [2.05, 4.69) is 5.32 Å². The van der Waals surface area contributed by atoms with Crippen LogP contribution in [0.5, 0.6) is 0 Å². The lowest BCUT2D eigenvalue weighted by molar-refractivity contribution is -0.141. The molecule has 1 heterocycles. The number of carbonyl (C=O) groups is 3. The molecule has 1 fully saturated rings. The van der Waals surface area contributed by atoms with E-state index >= 15 is 0 Å². The van der Waals surface area contributed by atoms with Crippen LogP contribution in [0.15, 0.2) is 29.2 Å². The van der Waals surface area contributed by atoms with Crippen molar-refractivity contribution in [2.75, 3.05) is 6.54 Å². The number of nitrogens with one attached hydrogen (secondary N) is 1. The fraction of sp³-hybridized carbons (Fsp3) is 0.250. The summed E-state index contributed by atoms with van der Waals surface area (Å²) < 4.78 is 0.275. The monoisotopic (exact) mass is 364 g/mol. The molecule has 2 amide bonds. The molecule has 1 atom stereocenters. The van der Waals surface area contributed by atoms with Crippen LogP contribution in [0.2, 0.25) is 0 Å². The summed E-state index contributed by atoms with van der Waals surface area (Å²) >= 11 is 6.27. The first-order valence-electron chi connectivity index (χ1n) is 7.12. The summed E-state index contributed by atoms with van der Waals surface area (Å²) in [7, 11) is 0. The Morgan fingerprint density at radius 1 is 1.38 bits per heavy atom. The summed E-state index contributed by atoms with van der Waals surface area (Å²) in [6, 6.07) is 6.63. The van der Waals surface area contributed by atoms with Gasteiger partial charge in [0.25, 0.3) is 5.91 Å². The van der Waals surface area contributed by atoms with Crippen LogP contribution in [0.1, 0.15) is 18.1 Å². The van der Waals surface area contributed by atoms with Gasteiger partial charge in [0.2, 0.25) is 5.91 Å². The van der Waals surface area contributed by atoms with Crippen molar-refractivity contribution < 1.29 is 19.5 Å². The Bertz CT molecular complexity index is 728. The summed E-state index contributed by atoms with van der Waals surface area (Å²) in [5, 5.41) is 11.1. The van der Waals surface area contributed by atoms with E-state index in [-0.39, 0.29) is 16.8 Å². The molecule has 8 heteroatoms. The van der Waals surface area contributed by atoms with Crippen molar-refractivity contribution in [3.8, 4) is 0 Å². The van der Waals surface area contributed by atoms with Gasteiger partial charge in [-0.1, -0.05) is 53.8 Å². The van der Waals surface area contributed by atoms with Crippen LogP contribution >= 0.6 is 24.0 Å². The second-order valence-corrected chi connectivity index (χ2v) is 6.98. The number of rotatable bonds is 5. The van der Waals surface area contributed by atoms with Gasteiger partial charge < -0.3 is 10.4 Å². The Kier molecular flexibility index (Phi) is 5.74. The first kappa shape index (κ1) is 18.2. The number of carboxylic acids is 1. The van der Waals surface area contributed by atoms with E-state index in [1.54, 1.807) is 6.08 Å². The average Bonchev–Trinajstić information content (AvgIpc) is 2.77. The molecule has 0 bridgehead atoms. The minimum Gasteiger partial charge on any atom is -0.480 e. The van der Waals surface area contributed by atoms with Crippen molar-refractivity contribution in [1.82, 2.24) is 10.2 Å². The predicted molar refractivity (Wildman–Crippen MR) is 96.3 cm³/mol. The number of nitrogens with zero attached hydrogens (tertiary/aromatic N) is 1. The molecule has 126 valence electrons. The lowest BCUT2D eigenvalue weighted by Crippen LogP contribution is -2.45. The van der Waals surface area contributed by atoms with Crippen LogP contribution in [0.25, 0.3) is 6.08 Å². The minimum absolute atomic E-state index is 0.275. The van der Waals surface area contributed by atoms with Crippen LogP contribution in [-0.2, 0) is 14.4 Å². The number of carbonyl (C=O) groups excluding carboxylic acids is 2. The van der Waals surface area contributed by atoms with Crippen LogP contribution in [-0.4, -0.2) is 44.7 Å². The number of benzene rings is 1. The van der Waals surface area contributed by atoms with Crippen LogP contribution in [0.3, 0.4) is 0 Å². The molecule has 1 saturated heterocycles. The van der Waals surface area contributed by atoms with Gasteiger partial charge in [0.1, 0.15) is 16.9 Å². The molecule has 2 rings (SSSR count). The maximum Gasteiger partial charge on any atom is 0.325 e. The van der Waals surface area contributed by atoms with Gasteiger partial charge in [-0.2, -0.15) is 0 Å². The lowest BCUT2D eigenvalue weighted by Gasteiger charge is -2.15. The van der Waals surface area contributed by atoms with Gasteiger partial charge in [-0.15, -0.1) is 0 Å². The molecule has 0 spiro atoms. The fourth-order valence-corrected chi connectivity index (χ4v) is 3.20. The quantitative estimate of drug-likeness (QED) is 0.612. The largest absolute Gasteiger partial charge is 0.480 e. The number of hydrogen-bond acceptors (Lipinski definition) is 5. The van der Waals surface area contributed by atoms with Crippen molar-refractivity contribution in [2.45, 2.75) is 19.9 Å². The zero-order valence-electron chi connectivity index (χ0n) is 13.1. The number of amides is 2. The summed E-state index contributed by atoms with van der Waals surface area (Å²) in [5.41, 5.74) is 1.98. The molecule has 0 saturated carbocycles. The van der Waals surface area contributed by atoms with Crippen molar-refractivity contribution in [2.24, 2.45) is 0 Å². The number of thioether (sulfide) groups is 1. The SMILES string of the molecule is Cc1ccc(C=C2SC(=S)N(CC(=O)NC(C)C(=O)O)C2=O)cc1. The molecule has 1 aromatic carbocycles. The van der Waals surface area contributed by atoms with Crippen molar-refractivity contribution in [3.63, 3.8) is 0 Å². The van der Waals surface area contributed by atoms with Gasteiger partial charge in [0, 0.05) is 0 Å². The Labute approximate surface area is 148 Å². The fourth-order valence-electron chi connectivity index (χ4n) is 1.94. The summed E-state index contributed by atoms with van der Waals surface area (Å²) in [5.74, 6) is -2.07. The molecule has 6 nitrogen and oxygen atoms in total. The van der Waals surface area contributed by atoms with Gasteiger partial charge in [0.05, 0.1) is 4.91 Å². The zero-order chi connectivity index (χ0) is 17.9. The van der Waals surface area contributed by atoms with Gasteiger partial charge in [-0.05, 0) is 25.5 Å². The number of aliphatic carboxylic acids is 1. The Morgan fingerprint density at radius 2 is 2.00 bits per heavy atom. The summed E-state index contributed by atoms with van der Waals surface area (Å²) in [6.45, 7) is 3.02. The Morgan fingerprint density at radius 3 is 2.58 bits per heavy atom. The van der Waals surface area contributed by atoms with E-state index in [9.17, 15) is 14.4 Å². The third kappa shape index (κ3) is 4.42. The average molecular weight is 364 g/mol. The molecule has 24 heavy (non-hydrogen) atoms. The third-order valence-electron chi connectivity index (χ3n) is 3.30. The minimum atomic E-state index is -1.15. The van der Waals surface area contributed by atoms with Crippen molar-refractivity contribution in [1.29, 1.82) is 0 Å². The number of hydrogen-bond donors (Lipinski definition) is 2. The molecule has 0 aliphatic carbocycles. The Balaban J connectivity index is 2.07. The molecule has 0 radical (unpaired) electrons. The highest BCUT2D eigenvalue weighted by molar-refractivity contribution is 8.26. The molecule has 2 N–H and O–H groups in total. The molecule has 1 unspecified atom stereocenters. The van der Waals surface area contributed by atoms with Gasteiger partial charge in [0.15, 0.2) is 0 Å². The topological polar surface area (TPSA) is 86.7 Å². The number of carboxylic acid groups (broad SMARTS) is 1. The van der Waals surface area contributed by atoms with Gasteiger partial charge in [-0.3, -0.25) is 19.3 Å². The Hall–Kier alpha value is -2.19. The first-order valence-corrected chi connectivity index (χ1v) is 8.34. The maximum absolute atomic E-state index is 12.4. The van der Waals surface area contributed by atoms with E-state index in [1.165, 1.54) is 11.8 Å². The first-order chi connectivity index (χ1) is 11.3. The molecule has 1 aromatic rings. The normalized spacial score (nSPS) is 17.2. The lowest BCUT2D eigenvalue weighted by atomic mass is 10.1. The second kappa shape index (κ2) is 7.59. The van der Waals surface area contributed by atoms with E-state index in [0.29, 0.717) is 4.91 Å². The van der Waals surface area contributed by atoms with Gasteiger partial charge >= 0.3 is 5.97 Å². The zero-order valence-corrected chi connectivity index (χ0v) is 14.7. The standard InChI is InChI=1S/C16H16N2O4S2/c1-9-3-5-11(6-4-9)7-12-14(20)18(16(23)24-12)8-13(19)17-10(2)15(21)22/h3-7,10H,8H2,1-2H3,(H,17,19)(H,21,22). The maximum atomic E-state index is 12.4. The van der Waals surface area contributed by atoms with Gasteiger partial charge in [-0.25, -0.2) is 0 Å². The van der Waals surface area contributed by atoms with E-state index in [4.69, 9.17) is 17.3 Å². The summed E-state index contributed by atoms with van der Waals surface area (Å²) in [6.07, 6.45) is 1.72. The van der Waals surface area contributed by atoms with E-state index < -0.39 is 17.9 Å². The summed E-state index contributed by atoms with van der Waals surface area (Å²) in [4.78, 5) is 36.6. The smallest absolute Gasteiger partial charge is 0.325 e. The molecule has 0 aromatic heterocycles. The van der Waals surface area contributed by atoms with Crippen molar-refractivity contribution >= 4 is 52.2 Å².